The molecule has 2 unspecified atom stereocenters. The molecule has 1 fully saturated rings. The molecule has 3 rings (SSSR count). The number of nitrogen functional groups attached to an aromatic ring is 1. The Morgan fingerprint density at radius 2 is 1.75 bits per heavy atom. The van der Waals surface area contributed by atoms with E-state index in [4.69, 9.17) is 19.5 Å². The van der Waals surface area contributed by atoms with Crippen LogP contribution < -0.4 is 16.4 Å². The number of fused-ring (bicyclic) bond motifs is 1. The number of unbranched alkanes of at least 4 members (excludes halogenated alkanes) is 4. The van der Waals surface area contributed by atoms with E-state index in [1.807, 2.05) is 0 Å². The van der Waals surface area contributed by atoms with Crippen LogP contribution in [0, 0.1) is 17.3 Å². The number of aliphatic hydroxyl groups excluding tert-OH is 2. The van der Waals surface area contributed by atoms with Gasteiger partial charge in [-0.05, 0) is 6.42 Å². The number of thioether (sulfide) groups is 1. The van der Waals surface area contributed by atoms with Crippen molar-refractivity contribution >= 4 is 69.1 Å². The fraction of sp³-hybridized carbons (Fsp3) is 0.677. The Bertz CT molecular complexity index is 1960. The number of carbonyl (C=O) groups excluding carboxylic acids is 3. The van der Waals surface area contributed by atoms with Crippen molar-refractivity contribution in [2.75, 3.05) is 37.8 Å². The number of carbonyl (C=O) groups is 3. The van der Waals surface area contributed by atoms with E-state index >= 15 is 0 Å². The molecule has 2 amide bonds. The van der Waals surface area contributed by atoms with Gasteiger partial charge in [0.15, 0.2) is 17.7 Å². The molecule has 0 aliphatic carbocycles. The number of aliphatic hydroxyl groups is 2. The number of rotatable bonds is 24. The van der Waals surface area contributed by atoms with Crippen molar-refractivity contribution in [2.24, 2.45) is 5.41 Å². The SMILES string of the molecule is CCCCCCC#CCC(=O)SCCNC(=O)CCNC(=O)[C@H](O)C(C)(C)COP(=O)(O)OP(=O)(O)OC[C@H]1O[C@@H](n2cnc3c(N)ncnc32)[C@H](O)[C@@H]1OP(=O)(O)O. The van der Waals surface area contributed by atoms with Gasteiger partial charge in [0.05, 0.1) is 26.0 Å². The van der Waals surface area contributed by atoms with E-state index in [0.717, 1.165) is 61.1 Å². The molecule has 332 valence electrons. The molecule has 1 aliphatic rings. The van der Waals surface area contributed by atoms with Gasteiger partial charge in [-0.3, -0.25) is 32.5 Å². The third kappa shape index (κ3) is 16.8. The summed E-state index contributed by atoms with van der Waals surface area (Å²) >= 11 is 1.04. The second-order valence-corrected chi connectivity index (χ2v) is 19.0. The lowest BCUT2D eigenvalue weighted by Gasteiger charge is -2.30. The van der Waals surface area contributed by atoms with Crippen molar-refractivity contribution in [3.05, 3.63) is 12.7 Å². The first-order chi connectivity index (χ1) is 27.6. The summed E-state index contributed by atoms with van der Waals surface area (Å²) in [5.41, 5.74) is 4.26. The van der Waals surface area contributed by atoms with Crippen molar-refractivity contribution in [1.82, 2.24) is 30.2 Å². The van der Waals surface area contributed by atoms with E-state index in [2.05, 4.69) is 53.2 Å². The lowest BCUT2D eigenvalue weighted by molar-refractivity contribution is -0.137. The van der Waals surface area contributed by atoms with Gasteiger partial charge in [-0.2, -0.15) is 4.31 Å². The molecule has 2 aromatic heterocycles. The Balaban J connectivity index is 1.43. The summed E-state index contributed by atoms with van der Waals surface area (Å²) in [5, 5.41) is 26.3. The van der Waals surface area contributed by atoms with Gasteiger partial charge in [0.25, 0.3) is 0 Å². The molecule has 7 atom stereocenters. The van der Waals surface area contributed by atoms with E-state index in [1.54, 1.807) is 0 Å². The van der Waals surface area contributed by atoms with Crippen molar-refractivity contribution in [3.8, 4) is 11.8 Å². The standard InChI is InChI=1S/C31H50N7O17P3S/c1-4-5-6-7-8-9-10-11-22(40)59-15-14-33-21(39)12-13-34-29(43)26(42)31(2,3)17-52-58(49,50)55-57(47,48)51-16-20-25(54-56(44,45)46)24(41)30(53-20)38-19-37-23-27(32)35-18-36-28(23)38/h18-20,24-26,30,41-42H,4-8,11-17H2,1-3H3,(H,33,39)(H,34,43)(H,47,48)(H,49,50)(H2,32,35,36)(H2,44,45,46)/t20-,24-,25-,26+,30-/m1/s1. The topological polar surface area (TPSA) is 364 Å². The highest BCUT2D eigenvalue weighted by Gasteiger charge is 2.50. The van der Waals surface area contributed by atoms with Gasteiger partial charge in [0.2, 0.25) is 16.9 Å². The van der Waals surface area contributed by atoms with E-state index < -0.39 is 84.6 Å². The van der Waals surface area contributed by atoms with Crippen LogP contribution in [0.2, 0.25) is 0 Å². The van der Waals surface area contributed by atoms with Crippen LogP contribution in [0.4, 0.5) is 5.82 Å². The summed E-state index contributed by atoms with van der Waals surface area (Å²) in [4.78, 5) is 87.7. The predicted octanol–water partition coefficient (Wildman–Crippen LogP) is 1.03. The van der Waals surface area contributed by atoms with E-state index in [-0.39, 0.29) is 48.0 Å². The average molecular weight is 918 g/mol. The summed E-state index contributed by atoms with van der Waals surface area (Å²) in [6, 6.07) is 0. The maximum atomic E-state index is 12.7. The minimum Gasteiger partial charge on any atom is -0.386 e. The molecule has 0 bridgehead atoms. The highest BCUT2D eigenvalue weighted by atomic mass is 32.2. The minimum absolute atomic E-state index is 0.0300. The van der Waals surface area contributed by atoms with Gasteiger partial charge in [0, 0.05) is 37.1 Å². The predicted molar refractivity (Wildman–Crippen MR) is 208 cm³/mol. The van der Waals surface area contributed by atoms with Gasteiger partial charge < -0.3 is 50.9 Å². The molecule has 3 heterocycles. The summed E-state index contributed by atoms with van der Waals surface area (Å²) in [6.45, 7) is 2.59. The number of nitrogens with two attached hydrogens (primary N) is 1. The van der Waals surface area contributed by atoms with Crippen molar-refractivity contribution in [2.45, 2.75) is 96.4 Å². The molecule has 28 heteroatoms. The molecule has 0 radical (unpaired) electrons. The van der Waals surface area contributed by atoms with Crippen LogP contribution in [0.25, 0.3) is 11.2 Å². The number of phosphoric acid groups is 3. The Labute approximate surface area is 343 Å². The number of amides is 2. The average Bonchev–Trinajstić information content (AvgIpc) is 3.71. The zero-order chi connectivity index (χ0) is 44.0. The zero-order valence-corrected chi connectivity index (χ0v) is 35.8. The quantitative estimate of drug-likeness (QED) is 0.0403. The van der Waals surface area contributed by atoms with Crippen molar-refractivity contribution in [1.29, 1.82) is 0 Å². The van der Waals surface area contributed by atoms with Crippen LogP contribution >= 0.6 is 35.2 Å². The lowest BCUT2D eigenvalue weighted by atomic mass is 9.87. The third-order valence-corrected chi connectivity index (χ3v) is 12.3. The number of ether oxygens (including phenoxy) is 1. The number of nitrogens with one attached hydrogen (secondary N) is 2. The van der Waals surface area contributed by atoms with Crippen LogP contribution in [0.3, 0.4) is 0 Å². The molecule has 0 aromatic carbocycles. The Hall–Kier alpha value is -2.88. The van der Waals surface area contributed by atoms with Crippen LogP contribution in [0.15, 0.2) is 12.7 Å². The number of imidazole rings is 1. The minimum atomic E-state index is -5.57. The number of anilines is 1. The molecule has 24 nitrogen and oxygen atoms in total. The Morgan fingerprint density at radius 3 is 2.44 bits per heavy atom. The molecule has 0 spiro atoms. The second-order valence-electron chi connectivity index (χ2n) is 13.6. The highest BCUT2D eigenvalue weighted by Crippen LogP contribution is 2.61. The van der Waals surface area contributed by atoms with E-state index in [9.17, 15) is 57.9 Å². The summed E-state index contributed by atoms with van der Waals surface area (Å²) in [6.07, 6.45) is -1.66. The van der Waals surface area contributed by atoms with Gasteiger partial charge in [-0.15, -0.1) is 5.92 Å². The van der Waals surface area contributed by atoms with Gasteiger partial charge in [-0.25, -0.2) is 28.6 Å². The molecular weight excluding hydrogens is 867 g/mol. The van der Waals surface area contributed by atoms with Gasteiger partial charge in [-0.1, -0.05) is 57.7 Å². The summed E-state index contributed by atoms with van der Waals surface area (Å²) < 4.78 is 62.2. The fourth-order valence-corrected chi connectivity index (χ4v) is 8.64. The van der Waals surface area contributed by atoms with Gasteiger partial charge >= 0.3 is 23.5 Å². The van der Waals surface area contributed by atoms with Crippen LogP contribution in [0.1, 0.15) is 71.9 Å². The monoisotopic (exact) mass is 917 g/mol. The fourth-order valence-electron chi connectivity index (χ4n) is 5.21. The molecule has 1 aliphatic heterocycles. The number of phosphoric ester groups is 3. The maximum Gasteiger partial charge on any atom is 0.481 e. The van der Waals surface area contributed by atoms with Crippen molar-refractivity contribution in [3.63, 3.8) is 0 Å². The smallest absolute Gasteiger partial charge is 0.386 e. The molecule has 59 heavy (non-hydrogen) atoms. The van der Waals surface area contributed by atoms with Crippen LogP contribution in [0.5, 0.6) is 0 Å². The highest BCUT2D eigenvalue weighted by molar-refractivity contribution is 8.13. The first kappa shape index (κ1) is 50.5. The zero-order valence-electron chi connectivity index (χ0n) is 32.3. The first-order valence-corrected chi connectivity index (χ1v) is 23.6. The van der Waals surface area contributed by atoms with Gasteiger partial charge in [0.1, 0.15) is 36.3 Å². The molecule has 2 aromatic rings. The number of nitrogens with zero attached hydrogens (tertiary/aromatic N) is 4. The Kier molecular flexibility index (Phi) is 19.5. The molecule has 10 N–H and O–H groups in total. The number of hydrogen-bond donors (Lipinski definition) is 9. The molecular formula is C31H50N7O17P3S. The van der Waals surface area contributed by atoms with E-state index in [0.29, 0.717) is 5.75 Å². The van der Waals surface area contributed by atoms with Crippen molar-refractivity contribution < 1.29 is 80.5 Å². The van der Waals surface area contributed by atoms with Crippen LogP contribution in [-0.4, -0.2) is 123 Å². The number of aromatic nitrogens is 4. The molecule has 0 saturated carbocycles. The third-order valence-electron chi connectivity index (χ3n) is 8.28. The summed E-state index contributed by atoms with van der Waals surface area (Å²) in [5.74, 6) is 4.69. The summed E-state index contributed by atoms with van der Waals surface area (Å²) in [7, 11) is -16.4. The van der Waals surface area contributed by atoms with E-state index in [1.165, 1.54) is 13.8 Å². The van der Waals surface area contributed by atoms with Crippen LogP contribution in [-0.2, 0) is 50.7 Å². The maximum absolute atomic E-state index is 12.7. The second kappa shape index (κ2) is 22.8. The Morgan fingerprint density at radius 1 is 1.03 bits per heavy atom. The largest absolute Gasteiger partial charge is 0.481 e. The first-order valence-electron chi connectivity index (χ1n) is 18.1. The number of hydrogen-bond acceptors (Lipinski definition) is 18. The normalized spacial score (nSPS) is 20.9. The lowest BCUT2D eigenvalue weighted by Crippen LogP contribution is -2.46. The molecule has 1 saturated heterocycles.